The Morgan fingerprint density at radius 3 is 2.22 bits per heavy atom. The van der Waals surface area contributed by atoms with Gasteiger partial charge < -0.3 is 14.4 Å². The third-order valence-electron chi connectivity index (χ3n) is 3.48. The van der Waals surface area contributed by atoms with Gasteiger partial charge in [-0.2, -0.15) is 0 Å². The van der Waals surface area contributed by atoms with Crippen molar-refractivity contribution in [3.8, 4) is 11.5 Å². The van der Waals surface area contributed by atoms with Crippen LogP contribution in [0.25, 0.3) is 0 Å². The third-order valence-corrected chi connectivity index (χ3v) is 4.00. The van der Waals surface area contributed by atoms with E-state index >= 15 is 0 Å². The van der Waals surface area contributed by atoms with Crippen molar-refractivity contribution in [1.82, 2.24) is 10.2 Å². The smallest absolute Gasteiger partial charge is 0.324 e. The summed E-state index contributed by atoms with van der Waals surface area (Å²) in [5.41, 5.74) is 1.96. The fraction of sp³-hybridized carbons (Fsp3) is 0.429. The fourth-order valence-corrected chi connectivity index (χ4v) is 2.45. The average molecular weight is 382 g/mol. The van der Waals surface area contributed by atoms with Crippen LogP contribution in [0.15, 0.2) is 12.1 Å². The van der Waals surface area contributed by atoms with Gasteiger partial charge in [0.2, 0.25) is 0 Å². The highest BCUT2D eigenvalue weighted by Crippen LogP contribution is 2.33. The van der Waals surface area contributed by atoms with E-state index in [0.717, 1.165) is 11.1 Å². The molecule has 1 aromatic carbocycles. The third kappa shape index (κ3) is 4.13. The highest BCUT2D eigenvalue weighted by molar-refractivity contribution is 6.76. The van der Waals surface area contributed by atoms with E-state index in [-0.39, 0.29) is 0 Å². The summed E-state index contributed by atoms with van der Waals surface area (Å²) < 4.78 is 8.34. The number of rotatable bonds is 2. The van der Waals surface area contributed by atoms with Crippen molar-refractivity contribution in [3.05, 3.63) is 23.3 Å². The van der Waals surface area contributed by atoms with E-state index in [1.54, 1.807) is 7.11 Å². The molecule has 0 fully saturated rings. The molecule has 23 heavy (non-hydrogen) atoms. The normalized spacial score (nSPS) is 14.0. The average Bonchev–Trinajstić information content (AvgIpc) is 2.51. The summed E-state index contributed by atoms with van der Waals surface area (Å²) in [6, 6.07) is 3.09. The Balaban J connectivity index is 2.14. The summed E-state index contributed by atoms with van der Waals surface area (Å²) in [7, 11) is 3.10. The standard InChI is InChI=1S/C14H15Cl3N2O4/c1-22-10-5-8-3-4-19(7-9(8)6-11(10)23-2)13(21)18-12(20)14(15,16)17/h5-6H,3-4,7H2,1-2H3,(H,18,20,21). The number of urea groups is 1. The molecule has 0 radical (unpaired) electrons. The zero-order valence-corrected chi connectivity index (χ0v) is 14.8. The van der Waals surface area contributed by atoms with Gasteiger partial charge in [-0.25, -0.2) is 4.79 Å². The Morgan fingerprint density at radius 2 is 1.70 bits per heavy atom. The summed E-state index contributed by atoms with van der Waals surface area (Å²) in [6.07, 6.45) is 0.616. The molecule has 3 amide bonds. The Kier molecular flexibility index (Phi) is 5.49. The first-order chi connectivity index (χ1) is 10.8. The lowest BCUT2D eigenvalue weighted by Gasteiger charge is -2.29. The van der Waals surface area contributed by atoms with Crippen LogP contribution in [0.4, 0.5) is 4.79 Å². The van der Waals surface area contributed by atoms with Gasteiger partial charge in [-0.05, 0) is 29.7 Å². The van der Waals surface area contributed by atoms with Crippen LogP contribution < -0.4 is 14.8 Å². The summed E-state index contributed by atoms with van der Waals surface area (Å²) in [5, 5.41) is 2.07. The predicted octanol–water partition coefficient (Wildman–Crippen LogP) is 2.67. The van der Waals surface area contributed by atoms with Crippen LogP contribution >= 0.6 is 34.8 Å². The van der Waals surface area contributed by atoms with E-state index in [0.29, 0.717) is 31.0 Å². The highest BCUT2D eigenvalue weighted by atomic mass is 35.6. The number of nitrogens with one attached hydrogen (secondary N) is 1. The second-order valence-corrected chi connectivity index (χ2v) is 7.19. The minimum Gasteiger partial charge on any atom is -0.493 e. The molecule has 0 saturated heterocycles. The Labute approximate surface area is 148 Å². The molecule has 1 aromatic rings. The first kappa shape index (κ1) is 18.0. The number of methoxy groups -OCH3 is 2. The predicted molar refractivity (Wildman–Crippen MR) is 87.5 cm³/mol. The maximum absolute atomic E-state index is 12.1. The molecular formula is C14H15Cl3N2O4. The number of hydrogen-bond donors (Lipinski definition) is 1. The number of ether oxygens (including phenoxy) is 2. The van der Waals surface area contributed by atoms with Crippen molar-refractivity contribution in [2.24, 2.45) is 0 Å². The number of alkyl halides is 3. The molecule has 1 N–H and O–H groups in total. The molecule has 0 unspecified atom stereocenters. The first-order valence-electron chi connectivity index (χ1n) is 6.67. The molecule has 1 aliphatic heterocycles. The first-order valence-corrected chi connectivity index (χ1v) is 7.80. The lowest BCUT2D eigenvalue weighted by molar-refractivity contribution is -0.119. The van der Waals surface area contributed by atoms with Crippen molar-refractivity contribution < 1.29 is 19.1 Å². The van der Waals surface area contributed by atoms with E-state index in [4.69, 9.17) is 44.3 Å². The van der Waals surface area contributed by atoms with Crippen LogP contribution in [0.3, 0.4) is 0 Å². The molecule has 1 aliphatic rings. The summed E-state index contributed by atoms with van der Waals surface area (Å²) >= 11 is 16.3. The topological polar surface area (TPSA) is 67.9 Å². The summed E-state index contributed by atoms with van der Waals surface area (Å²) in [5.74, 6) is 0.229. The minimum absolute atomic E-state index is 0.314. The van der Waals surface area contributed by atoms with Crippen molar-refractivity contribution in [2.45, 2.75) is 16.8 Å². The number of fused-ring (bicyclic) bond motifs is 1. The molecule has 0 aliphatic carbocycles. The quantitative estimate of drug-likeness (QED) is 0.800. The summed E-state index contributed by atoms with van der Waals surface area (Å²) in [6.45, 7) is 0.746. The van der Waals surface area contributed by atoms with E-state index in [9.17, 15) is 9.59 Å². The lowest BCUT2D eigenvalue weighted by Crippen LogP contribution is -2.48. The Morgan fingerprint density at radius 1 is 1.13 bits per heavy atom. The van der Waals surface area contributed by atoms with Gasteiger partial charge in [0.1, 0.15) is 0 Å². The molecule has 6 nitrogen and oxygen atoms in total. The zero-order chi connectivity index (χ0) is 17.2. The highest BCUT2D eigenvalue weighted by Gasteiger charge is 2.33. The largest absolute Gasteiger partial charge is 0.493 e. The van der Waals surface area contributed by atoms with Crippen LogP contribution in [0.1, 0.15) is 11.1 Å². The molecule has 0 bridgehead atoms. The van der Waals surface area contributed by atoms with Crippen LogP contribution in [-0.2, 0) is 17.8 Å². The van der Waals surface area contributed by atoms with E-state index < -0.39 is 15.7 Å². The van der Waals surface area contributed by atoms with Gasteiger partial charge in [-0.15, -0.1) is 0 Å². The number of halogens is 3. The molecule has 1 heterocycles. The number of imide groups is 1. The fourth-order valence-electron chi connectivity index (χ4n) is 2.30. The molecule has 126 valence electrons. The minimum atomic E-state index is -2.18. The van der Waals surface area contributed by atoms with Gasteiger partial charge in [0, 0.05) is 13.1 Å². The molecule has 0 saturated carbocycles. The summed E-state index contributed by atoms with van der Waals surface area (Å²) in [4.78, 5) is 25.1. The van der Waals surface area contributed by atoms with Crippen LogP contribution in [-0.4, -0.2) is 41.4 Å². The Hall–Kier alpha value is -1.37. The van der Waals surface area contributed by atoms with Gasteiger partial charge in [-0.1, -0.05) is 34.8 Å². The zero-order valence-electron chi connectivity index (χ0n) is 12.5. The van der Waals surface area contributed by atoms with Crippen LogP contribution in [0.2, 0.25) is 0 Å². The molecule has 2 rings (SSSR count). The monoisotopic (exact) mass is 380 g/mol. The molecule has 9 heteroatoms. The van der Waals surface area contributed by atoms with Crippen molar-refractivity contribution in [3.63, 3.8) is 0 Å². The van der Waals surface area contributed by atoms with E-state index in [2.05, 4.69) is 5.32 Å². The lowest BCUT2D eigenvalue weighted by atomic mass is 9.99. The number of nitrogens with zero attached hydrogens (tertiary/aromatic N) is 1. The van der Waals surface area contributed by atoms with Crippen LogP contribution in [0, 0.1) is 0 Å². The van der Waals surface area contributed by atoms with Crippen LogP contribution in [0.5, 0.6) is 11.5 Å². The number of hydrogen-bond acceptors (Lipinski definition) is 4. The number of benzene rings is 1. The van der Waals surface area contributed by atoms with Gasteiger partial charge in [0.15, 0.2) is 11.5 Å². The maximum atomic E-state index is 12.1. The van der Waals surface area contributed by atoms with Gasteiger partial charge in [-0.3, -0.25) is 10.1 Å². The van der Waals surface area contributed by atoms with E-state index in [1.807, 2.05) is 12.1 Å². The second-order valence-electron chi connectivity index (χ2n) is 4.90. The van der Waals surface area contributed by atoms with Gasteiger partial charge >= 0.3 is 6.03 Å². The molecule has 0 atom stereocenters. The molecule has 0 spiro atoms. The second kappa shape index (κ2) is 7.03. The number of carbonyl (C=O) groups is 2. The van der Waals surface area contributed by atoms with Gasteiger partial charge in [0.05, 0.1) is 14.2 Å². The molecule has 0 aromatic heterocycles. The van der Waals surface area contributed by atoms with Crippen molar-refractivity contribution >= 4 is 46.7 Å². The van der Waals surface area contributed by atoms with Crippen molar-refractivity contribution in [2.75, 3.05) is 20.8 Å². The molecular weight excluding hydrogens is 367 g/mol. The maximum Gasteiger partial charge on any atom is 0.324 e. The van der Waals surface area contributed by atoms with Crippen molar-refractivity contribution in [1.29, 1.82) is 0 Å². The van der Waals surface area contributed by atoms with Gasteiger partial charge in [0.25, 0.3) is 9.70 Å². The SMILES string of the molecule is COc1cc2c(cc1OC)CN(C(=O)NC(=O)C(Cl)(Cl)Cl)CC2. The Bertz CT molecular complexity index is 631. The van der Waals surface area contributed by atoms with E-state index in [1.165, 1.54) is 12.0 Å². The number of carbonyl (C=O) groups excluding carboxylic acids is 2. The number of amides is 3.